The summed E-state index contributed by atoms with van der Waals surface area (Å²) in [5, 5.41) is 11.6. The van der Waals surface area contributed by atoms with Gasteiger partial charge in [-0.25, -0.2) is 4.79 Å². The number of hydrogen-bond acceptors (Lipinski definition) is 2. The van der Waals surface area contributed by atoms with Gasteiger partial charge in [0.25, 0.3) is 0 Å². The number of rotatable bonds is 4. The molecule has 0 aromatic heterocycles. The highest BCUT2D eigenvalue weighted by atomic mass is 35.5. The van der Waals surface area contributed by atoms with E-state index in [1.165, 1.54) is 0 Å². The van der Waals surface area contributed by atoms with Crippen LogP contribution in [0.25, 0.3) is 0 Å². The van der Waals surface area contributed by atoms with Gasteiger partial charge in [0.2, 0.25) is 0 Å². The Kier molecular flexibility index (Phi) is 5.24. The molecule has 0 atom stereocenters. The Labute approximate surface area is 126 Å². The Bertz CT molecular complexity index is 498. The summed E-state index contributed by atoms with van der Waals surface area (Å²) < 4.78 is 6.10. The van der Waals surface area contributed by atoms with Crippen LogP contribution in [0.5, 0.6) is 0 Å². The van der Waals surface area contributed by atoms with Crippen molar-refractivity contribution in [1.29, 1.82) is 0 Å². The van der Waals surface area contributed by atoms with E-state index in [4.69, 9.17) is 21.1 Å². The van der Waals surface area contributed by atoms with E-state index >= 15 is 0 Å². The maximum absolute atomic E-state index is 10.7. The predicted octanol–water partition coefficient (Wildman–Crippen LogP) is 4.95. The normalized spacial score (nSPS) is 12.3. The number of benzene rings is 1. The van der Waals surface area contributed by atoms with Crippen molar-refractivity contribution in [2.24, 2.45) is 0 Å². The summed E-state index contributed by atoms with van der Waals surface area (Å²) in [6.45, 7) is 11.4. The van der Waals surface area contributed by atoms with E-state index in [9.17, 15) is 4.79 Å². The summed E-state index contributed by atoms with van der Waals surface area (Å²) in [4.78, 5) is 10.7. The lowest BCUT2D eigenvalue weighted by Crippen LogP contribution is -2.40. The van der Waals surface area contributed by atoms with E-state index in [0.717, 1.165) is 5.56 Å². The van der Waals surface area contributed by atoms with E-state index < -0.39 is 14.4 Å². The van der Waals surface area contributed by atoms with Crippen molar-refractivity contribution in [2.75, 3.05) is 5.32 Å². The van der Waals surface area contributed by atoms with Crippen molar-refractivity contribution < 1.29 is 14.3 Å². The van der Waals surface area contributed by atoms with Crippen LogP contribution >= 0.6 is 11.6 Å². The smallest absolute Gasteiger partial charge is 0.409 e. The number of carboxylic acid groups (broad SMARTS) is 1. The fourth-order valence-electron chi connectivity index (χ4n) is 1.35. The van der Waals surface area contributed by atoms with Gasteiger partial charge in [-0.15, -0.1) is 0 Å². The minimum Gasteiger partial charge on any atom is -0.465 e. The first-order valence-electron chi connectivity index (χ1n) is 6.45. The van der Waals surface area contributed by atoms with Crippen LogP contribution in [0.1, 0.15) is 26.3 Å². The molecule has 1 amide bonds. The molecule has 0 aliphatic carbocycles. The van der Waals surface area contributed by atoms with E-state index in [1.54, 1.807) is 12.1 Å². The van der Waals surface area contributed by atoms with Crippen molar-refractivity contribution in [1.82, 2.24) is 0 Å². The van der Waals surface area contributed by atoms with Gasteiger partial charge in [-0.05, 0) is 35.8 Å². The van der Waals surface area contributed by atoms with Gasteiger partial charge < -0.3 is 9.53 Å². The molecule has 112 valence electrons. The van der Waals surface area contributed by atoms with Gasteiger partial charge in [0.05, 0.1) is 17.3 Å². The minimum absolute atomic E-state index is 0.140. The Morgan fingerprint density at radius 1 is 1.40 bits per heavy atom. The number of nitrogens with one attached hydrogen (secondary N) is 1. The third-order valence-corrected chi connectivity index (χ3v) is 8.49. The SMILES string of the molecule is CC(C)(C)[Si](C)(C)OCc1ccc(Cl)c(NC(=O)O)c1. The van der Waals surface area contributed by atoms with Crippen LogP contribution in [0.3, 0.4) is 0 Å². The van der Waals surface area contributed by atoms with Crippen molar-refractivity contribution >= 4 is 31.7 Å². The zero-order chi connectivity index (χ0) is 15.6. The van der Waals surface area contributed by atoms with Crippen LogP contribution in [0.4, 0.5) is 10.5 Å². The summed E-state index contributed by atoms with van der Waals surface area (Å²) >= 11 is 5.94. The lowest BCUT2D eigenvalue weighted by Gasteiger charge is -2.36. The lowest BCUT2D eigenvalue weighted by atomic mass is 10.2. The molecule has 0 unspecified atom stereocenters. The van der Waals surface area contributed by atoms with E-state index in [2.05, 4.69) is 39.2 Å². The highest BCUT2D eigenvalue weighted by molar-refractivity contribution is 6.74. The number of carbonyl (C=O) groups is 1. The van der Waals surface area contributed by atoms with Crippen molar-refractivity contribution in [3.05, 3.63) is 28.8 Å². The molecule has 0 heterocycles. The van der Waals surface area contributed by atoms with E-state index in [0.29, 0.717) is 17.3 Å². The molecule has 0 bridgehead atoms. The highest BCUT2D eigenvalue weighted by Gasteiger charge is 2.37. The molecular formula is C14H22ClNO3Si. The van der Waals surface area contributed by atoms with Crippen LogP contribution in [0.15, 0.2) is 18.2 Å². The third kappa shape index (κ3) is 4.51. The summed E-state index contributed by atoms with van der Waals surface area (Å²) in [7, 11) is -1.82. The molecule has 1 aromatic rings. The number of anilines is 1. The molecule has 0 saturated heterocycles. The fraction of sp³-hybridized carbons (Fsp3) is 0.500. The molecule has 1 rings (SSSR count). The zero-order valence-corrected chi connectivity index (χ0v) is 14.3. The van der Waals surface area contributed by atoms with Gasteiger partial charge in [-0.2, -0.15) is 0 Å². The fourth-order valence-corrected chi connectivity index (χ4v) is 2.48. The predicted molar refractivity (Wildman–Crippen MR) is 85.1 cm³/mol. The Morgan fingerprint density at radius 2 is 2.00 bits per heavy atom. The third-order valence-electron chi connectivity index (χ3n) is 3.68. The molecule has 4 nitrogen and oxygen atoms in total. The first kappa shape index (κ1) is 17.0. The molecule has 0 aliphatic rings. The quantitative estimate of drug-likeness (QED) is 0.773. The first-order valence-corrected chi connectivity index (χ1v) is 9.74. The van der Waals surface area contributed by atoms with Crippen LogP contribution in [-0.2, 0) is 11.0 Å². The molecule has 20 heavy (non-hydrogen) atoms. The molecule has 1 aromatic carbocycles. The lowest BCUT2D eigenvalue weighted by molar-refractivity contribution is 0.209. The largest absolute Gasteiger partial charge is 0.465 e. The summed E-state index contributed by atoms with van der Waals surface area (Å²) in [5.41, 5.74) is 1.29. The minimum atomic E-state index is -1.82. The van der Waals surface area contributed by atoms with Gasteiger partial charge in [-0.3, -0.25) is 5.32 Å². The second-order valence-corrected chi connectivity index (χ2v) is 11.5. The van der Waals surface area contributed by atoms with Crippen LogP contribution < -0.4 is 5.32 Å². The van der Waals surface area contributed by atoms with Gasteiger partial charge in [0.1, 0.15) is 0 Å². The van der Waals surface area contributed by atoms with Crippen LogP contribution in [0, 0.1) is 0 Å². The average Bonchev–Trinajstić information content (AvgIpc) is 2.28. The molecule has 0 spiro atoms. The van der Waals surface area contributed by atoms with Gasteiger partial charge in [-0.1, -0.05) is 38.4 Å². The number of amides is 1. The Balaban J connectivity index is 2.82. The van der Waals surface area contributed by atoms with Crippen LogP contribution in [0.2, 0.25) is 23.2 Å². The number of halogens is 1. The summed E-state index contributed by atoms with van der Waals surface area (Å²) in [6.07, 6.45) is -1.13. The highest BCUT2D eigenvalue weighted by Crippen LogP contribution is 2.37. The maximum atomic E-state index is 10.7. The second kappa shape index (κ2) is 6.16. The first-order chi connectivity index (χ1) is 9.03. The van der Waals surface area contributed by atoms with Crippen molar-refractivity contribution in [3.8, 4) is 0 Å². The Morgan fingerprint density at radius 3 is 2.50 bits per heavy atom. The van der Waals surface area contributed by atoms with Gasteiger partial charge in [0.15, 0.2) is 8.32 Å². The maximum Gasteiger partial charge on any atom is 0.409 e. The standard InChI is InChI=1S/C14H22ClNO3Si/c1-14(2,3)20(4,5)19-9-10-6-7-11(15)12(8-10)16-13(17)18/h6-8,16H,9H2,1-5H3,(H,17,18). The van der Waals surface area contributed by atoms with Gasteiger partial charge >= 0.3 is 6.09 Å². The Hall–Kier alpha value is -1.04. The zero-order valence-electron chi connectivity index (χ0n) is 12.6. The topological polar surface area (TPSA) is 58.6 Å². The molecule has 0 fully saturated rings. The monoisotopic (exact) mass is 315 g/mol. The van der Waals surface area contributed by atoms with E-state index in [1.807, 2.05) is 6.07 Å². The van der Waals surface area contributed by atoms with Gasteiger partial charge in [0, 0.05) is 0 Å². The second-order valence-electron chi connectivity index (χ2n) is 6.29. The van der Waals surface area contributed by atoms with Crippen LogP contribution in [-0.4, -0.2) is 19.5 Å². The summed E-state index contributed by atoms with van der Waals surface area (Å²) in [6, 6.07) is 5.24. The molecular weight excluding hydrogens is 294 g/mol. The van der Waals surface area contributed by atoms with E-state index in [-0.39, 0.29) is 5.04 Å². The molecule has 6 heteroatoms. The average molecular weight is 316 g/mol. The molecule has 2 N–H and O–H groups in total. The number of hydrogen-bond donors (Lipinski definition) is 2. The molecule has 0 saturated carbocycles. The molecule has 0 aliphatic heterocycles. The van der Waals surface area contributed by atoms with Crippen molar-refractivity contribution in [3.63, 3.8) is 0 Å². The van der Waals surface area contributed by atoms with Crippen molar-refractivity contribution in [2.45, 2.75) is 45.5 Å². The molecule has 0 radical (unpaired) electrons. The summed E-state index contributed by atoms with van der Waals surface area (Å²) in [5.74, 6) is 0.